The summed E-state index contributed by atoms with van der Waals surface area (Å²) in [4.78, 5) is 0. The fraction of sp³-hybridized carbons (Fsp3) is 0.625. The minimum absolute atomic E-state index is 0.309. The van der Waals surface area contributed by atoms with Crippen LogP contribution in [0.4, 0.5) is 0 Å². The Hall–Kier alpha value is -0.900. The van der Waals surface area contributed by atoms with Crippen molar-refractivity contribution in [1.29, 1.82) is 0 Å². The van der Waals surface area contributed by atoms with E-state index in [-0.39, 0.29) is 0 Å². The van der Waals surface area contributed by atoms with Gasteiger partial charge in [-0.1, -0.05) is 45.2 Å². The SMILES string of the molecule is C=C/C=C(\C=C)CNCCC1(CN)CCNC1.CC. The molecule has 0 saturated carbocycles. The highest BCUT2D eigenvalue weighted by molar-refractivity contribution is 5.22. The molecule has 0 aromatic carbocycles. The molecule has 1 saturated heterocycles. The van der Waals surface area contributed by atoms with Crippen molar-refractivity contribution in [1.82, 2.24) is 10.6 Å². The van der Waals surface area contributed by atoms with Gasteiger partial charge in [-0.05, 0) is 43.5 Å². The molecule has 1 fully saturated rings. The minimum Gasteiger partial charge on any atom is -0.330 e. The van der Waals surface area contributed by atoms with Gasteiger partial charge in [0.05, 0.1) is 0 Å². The highest BCUT2D eigenvalue weighted by Gasteiger charge is 2.31. The van der Waals surface area contributed by atoms with Gasteiger partial charge >= 0.3 is 0 Å². The van der Waals surface area contributed by atoms with E-state index in [9.17, 15) is 0 Å². The first-order valence-corrected chi connectivity index (χ1v) is 7.32. The summed E-state index contributed by atoms with van der Waals surface area (Å²) in [5, 5.41) is 6.83. The van der Waals surface area contributed by atoms with Gasteiger partial charge in [0, 0.05) is 13.1 Å². The van der Waals surface area contributed by atoms with Crippen molar-refractivity contribution in [2.45, 2.75) is 26.7 Å². The Balaban J connectivity index is 0.00000154. The second kappa shape index (κ2) is 11.0. The van der Waals surface area contributed by atoms with Crippen LogP contribution in [0.2, 0.25) is 0 Å². The molecule has 0 radical (unpaired) electrons. The van der Waals surface area contributed by atoms with Gasteiger partial charge in [-0.15, -0.1) is 0 Å². The van der Waals surface area contributed by atoms with Gasteiger partial charge in [-0.2, -0.15) is 0 Å². The Labute approximate surface area is 119 Å². The van der Waals surface area contributed by atoms with Gasteiger partial charge < -0.3 is 16.4 Å². The van der Waals surface area contributed by atoms with E-state index >= 15 is 0 Å². The lowest BCUT2D eigenvalue weighted by Gasteiger charge is -2.26. The predicted octanol–water partition coefficient (Wildman–Crippen LogP) is 2.23. The first kappa shape index (κ1) is 18.1. The van der Waals surface area contributed by atoms with Crippen LogP contribution in [-0.4, -0.2) is 32.7 Å². The summed E-state index contributed by atoms with van der Waals surface area (Å²) in [6, 6.07) is 0. The fourth-order valence-electron chi connectivity index (χ4n) is 2.22. The molecule has 3 heteroatoms. The third-order valence-corrected chi connectivity index (χ3v) is 3.52. The molecular weight excluding hydrogens is 234 g/mol. The van der Waals surface area contributed by atoms with E-state index in [2.05, 4.69) is 23.8 Å². The maximum Gasteiger partial charge on any atom is 0.0205 e. The Morgan fingerprint density at radius 2 is 2.16 bits per heavy atom. The number of rotatable bonds is 8. The van der Waals surface area contributed by atoms with Crippen LogP contribution in [0.15, 0.2) is 37.0 Å². The predicted molar refractivity (Wildman–Crippen MR) is 86.3 cm³/mol. The van der Waals surface area contributed by atoms with E-state index in [0.29, 0.717) is 5.41 Å². The Morgan fingerprint density at radius 3 is 2.63 bits per heavy atom. The summed E-state index contributed by atoms with van der Waals surface area (Å²) < 4.78 is 0. The van der Waals surface area contributed by atoms with E-state index in [1.54, 1.807) is 6.08 Å². The highest BCUT2D eigenvalue weighted by Crippen LogP contribution is 2.27. The summed E-state index contributed by atoms with van der Waals surface area (Å²) in [5.74, 6) is 0. The number of allylic oxidation sites excluding steroid dienone is 2. The molecule has 4 N–H and O–H groups in total. The number of nitrogens with one attached hydrogen (secondary N) is 2. The molecule has 1 aliphatic heterocycles. The lowest BCUT2D eigenvalue weighted by atomic mass is 9.84. The molecular formula is C16H31N3. The van der Waals surface area contributed by atoms with Crippen molar-refractivity contribution in [2.24, 2.45) is 11.1 Å². The Bertz CT molecular complexity index is 276. The van der Waals surface area contributed by atoms with Crippen LogP contribution in [0.1, 0.15) is 26.7 Å². The van der Waals surface area contributed by atoms with Crippen LogP contribution < -0.4 is 16.4 Å². The Kier molecular flexibility index (Phi) is 10.5. The van der Waals surface area contributed by atoms with E-state index in [1.807, 2.05) is 26.0 Å². The molecule has 0 amide bonds. The minimum atomic E-state index is 0.309. The largest absolute Gasteiger partial charge is 0.330 e. The van der Waals surface area contributed by atoms with E-state index < -0.39 is 0 Å². The maximum absolute atomic E-state index is 5.88. The third kappa shape index (κ3) is 6.71. The normalized spacial score (nSPS) is 22.6. The van der Waals surface area contributed by atoms with Crippen LogP contribution in [0.5, 0.6) is 0 Å². The number of hydrogen-bond donors (Lipinski definition) is 3. The van der Waals surface area contributed by atoms with Crippen LogP contribution in [0.25, 0.3) is 0 Å². The lowest BCUT2D eigenvalue weighted by Crippen LogP contribution is -2.36. The molecule has 0 spiro atoms. The molecule has 110 valence electrons. The first-order valence-electron chi connectivity index (χ1n) is 7.32. The molecule has 1 aliphatic rings. The fourth-order valence-corrected chi connectivity index (χ4v) is 2.22. The van der Waals surface area contributed by atoms with Crippen LogP contribution in [0.3, 0.4) is 0 Å². The topological polar surface area (TPSA) is 50.1 Å². The molecule has 0 aliphatic carbocycles. The van der Waals surface area contributed by atoms with Crippen LogP contribution >= 0.6 is 0 Å². The summed E-state index contributed by atoms with van der Waals surface area (Å²) in [6.45, 7) is 16.3. The molecule has 19 heavy (non-hydrogen) atoms. The highest BCUT2D eigenvalue weighted by atomic mass is 14.9. The quantitative estimate of drug-likeness (QED) is 0.466. The van der Waals surface area contributed by atoms with Gasteiger partial charge in [0.1, 0.15) is 0 Å². The molecule has 1 unspecified atom stereocenters. The van der Waals surface area contributed by atoms with Gasteiger partial charge in [-0.25, -0.2) is 0 Å². The average molecular weight is 265 g/mol. The molecule has 0 bridgehead atoms. The number of nitrogens with two attached hydrogens (primary N) is 1. The van der Waals surface area contributed by atoms with Crippen molar-refractivity contribution >= 4 is 0 Å². The molecule has 1 rings (SSSR count). The summed E-state index contributed by atoms with van der Waals surface area (Å²) in [6.07, 6.45) is 7.97. The molecule has 0 aromatic heterocycles. The van der Waals surface area contributed by atoms with Crippen molar-refractivity contribution in [3.63, 3.8) is 0 Å². The van der Waals surface area contributed by atoms with E-state index in [1.165, 1.54) is 12.0 Å². The maximum atomic E-state index is 5.88. The molecule has 0 aromatic rings. The average Bonchev–Trinajstić information content (AvgIpc) is 2.94. The third-order valence-electron chi connectivity index (χ3n) is 3.52. The van der Waals surface area contributed by atoms with Crippen molar-refractivity contribution in [2.75, 3.05) is 32.7 Å². The zero-order chi connectivity index (χ0) is 14.6. The second-order valence-electron chi connectivity index (χ2n) is 4.74. The van der Waals surface area contributed by atoms with Gasteiger partial charge in [0.2, 0.25) is 0 Å². The summed E-state index contributed by atoms with van der Waals surface area (Å²) in [5.41, 5.74) is 7.36. The summed E-state index contributed by atoms with van der Waals surface area (Å²) >= 11 is 0. The number of hydrogen-bond acceptors (Lipinski definition) is 3. The van der Waals surface area contributed by atoms with Crippen LogP contribution in [0, 0.1) is 5.41 Å². The zero-order valence-electron chi connectivity index (χ0n) is 12.7. The Morgan fingerprint density at radius 1 is 1.42 bits per heavy atom. The molecule has 1 heterocycles. The standard InChI is InChI=1S/C14H25N3.C2H6/c1-3-5-13(4-2)10-16-8-6-14(11-15)7-9-17-12-14;1-2/h3-5,16-17H,1-2,6-12,15H2;1-2H3/b13-5+;. The van der Waals surface area contributed by atoms with Gasteiger partial charge in [0.25, 0.3) is 0 Å². The van der Waals surface area contributed by atoms with Crippen molar-refractivity contribution < 1.29 is 0 Å². The lowest BCUT2D eigenvalue weighted by molar-refractivity contribution is 0.303. The smallest absolute Gasteiger partial charge is 0.0205 e. The van der Waals surface area contributed by atoms with Gasteiger partial charge in [0.15, 0.2) is 0 Å². The van der Waals surface area contributed by atoms with Crippen LogP contribution in [-0.2, 0) is 0 Å². The zero-order valence-corrected chi connectivity index (χ0v) is 12.7. The van der Waals surface area contributed by atoms with Crippen molar-refractivity contribution in [3.05, 3.63) is 37.0 Å². The second-order valence-corrected chi connectivity index (χ2v) is 4.74. The first-order chi connectivity index (χ1) is 9.26. The van der Waals surface area contributed by atoms with Crippen molar-refractivity contribution in [3.8, 4) is 0 Å². The summed E-state index contributed by atoms with van der Waals surface area (Å²) in [7, 11) is 0. The monoisotopic (exact) mass is 265 g/mol. The van der Waals surface area contributed by atoms with Gasteiger partial charge in [-0.3, -0.25) is 0 Å². The van der Waals surface area contributed by atoms with E-state index in [0.717, 1.165) is 39.1 Å². The molecule has 3 nitrogen and oxygen atoms in total. The van der Waals surface area contributed by atoms with E-state index in [4.69, 9.17) is 5.73 Å². The molecule has 1 atom stereocenters.